The minimum absolute atomic E-state index is 0.138. The van der Waals surface area contributed by atoms with Crippen molar-refractivity contribution in [3.8, 4) is 5.75 Å². The lowest BCUT2D eigenvalue weighted by Crippen LogP contribution is -2.33. The van der Waals surface area contributed by atoms with Gasteiger partial charge in [0.1, 0.15) is 5.75 Å². The van der Waals surface area contributed by atoms with Crippen molar-refractivity contribution in [2.45, 2.75) is 20.4 Å². The van der Waals surface area contributed by atoms with Crippen LogP contribution in [-0.4, -0.2) is 18.0 Å². The number of amides is 1. The minimum Gasteiger partial charge on any atom is -0.496 e. The number of hydrogen-bond acceptors (Lipinski definition) is 3. The van der Waals surface area contributed by atoms with E-state index in [1.807, 2.05) is 68.4 Å². The number of ether oxygens (including phenoxy) is 1. The molecule has 5 nitrogen and oxygen atoms in total. The maximum Gasteiger partial charge on any atom is 0.262 e. The van der Waals surface area contributed by atoms with Gasteiger partial charge in [-0.25, -0.2) is 0 Å². The Bertz CT molecular complexity index is 1310. The van der Waals surface area contributed by atoms with Crippen LogP contribution in [0.5, 0.6) is 5.75 Å². The van der Waals surface area contributed by atoms with Crippen molar-refractivity contribution in [1.82, 2.24) is 4.98 Å². The molecule has 0 aliphatic carbocycles. The van der Waals surface area contributed by atoms with E-state index in [9.17, 15) is 9.59 Å². The molecule has 0 radical (unpaired) electrons. The molecule has 1 heterocycles. The van der Waals surface area contributed by atoms with Gasteiger partial charge in [-0.05, 0) is 55.1 Å². The second kappa shape index (κ2) is 8.48. The Morgan fingerprint density at radius 2 is 1.71 bits per heavy atom. The summed E-state index contributed by atoms with van der Waals surface area (Å²) in [5.74, 6) is 0.262. The van der Waals surface area contributed by atoms with Gasteiger partial charge in [0.25, 0.3) is 11.5 Å². The molecule has 0 fully saturated rings. The number of nitrogens with zero attached hydrogens (tertiary/aromatic N) is 1. The zero-order chi connectivity index (χ0) is 22.0. The monoisotopic (exact) mass is 412 g/mol. The van der Waals surface area contributed by atoms with E-state index in [0.29, 0.717) is 22.6 Å². The molecule has 4 rings (SSSR count). The largest absolute Gasteiger partial charge is 0.496 e. The summed E-state index contributed by atoms with van der Waals surface area (Å²) in [5, 5.41) is 0.934. The molecule has 0 spiro atoms. The number of fused-ring (bicyclic) bond motifs is 1. The molecule has 31 heavy (non-hydrogen) atoms. The molecule has 1 N–H and O–H groups in total. The molecular formula is C26H24N2O3. The van der Waals surface area contributed by atoms with Crippen LogP contribution < -0.4 is 15.2 Å². The van der Waals surface area contributed by atoms with Gasteiger partial charge in [0, 0.05) is 11.3 Å². The summed E-state index contributed by atoms with van der Waals surface area (Å²) in [7, 11) is 1.54. The molecule has 0 saturated heterocycles. The number of rotatable bonds is 5. The van der Waals surface area contributed by atoms with Crippen LogP contribution in [0.4, 0.5) is 5.69 Å². The normalized spacial score (nSPS) is 10.8. The second-order valence-corrected chi connectivity index (χ2v) is 7.59. The lowest BCUT2D eigenvalue weighted by Gasteiger charge is -2.24. The first-order valence-electron chi connectivity index (χ1n) is 10.1. The lowest BCUT2D eigenvalue weighted by molar-refractivity contribution is 0.0982. The van der Waals surface area contributed by atoms with Crippen molar-refractivity contribution in [2.24, 2.45) is 0 Å². The van der Waals surface area contributed by atoms with E-state index in [1.54, 1.807) is 30.2 Å². The number of H-pyrrole nitrogens is 1. The third-order valence-electron chi connectivity index (χ3n) is 5.42. The number of benzene rings is 3. The van der Waals surface area contributed by atoms with Crippen LogP contribution in [0.3, 0.4) is 0 Å². The highest BCUT2D eigenvalue weighted by atomic mass is 16.5. The summed E-state index contributed by atoms with van der Waals surface area (Å²) < 4.78 is 5.40. The van der Waals surface area contributed by atoms with Gasteiger partial charge < -0.3 is 14.6 Å². The first kappa shape index (κ1) is 20.4. The van der Waals surface area contributed by atoms with E-state index in [4.69, 9.17) is 4.74 Å². The van der Waals surface area contributed by atoms with Gasteiger partial charge in [-0.2, -0.15) is 0 Å². The van der Waals surface area contributed by atoms with E-state index in [-0.39, 0.29) is 18.0 Å². The number of anilines is 1. The summed E-state index contributed by atoms with van der Waals surface area (Å²) in [6.45, 7) is 4.09. The predicted molar refractivity (Wildman–Crippen MR) is 124 cm³/mol. The molecule has 4 aromatic rings. The zero-order valence-corrected chi connectivity index (χ0v) is 17.8. The third kappa shape index (κ3) is 4.08. The summed E-state index contributed by atoms with van der Waals surface area (Å²) in [6.07, 6.45) is 0. The van der Waals surface area contributed by atoms with Crippen molar-refractivity contribution >= 4 is 22.5 Å². The Balaban J connectivity index is 1.81. The molecule has 0 atom stereocenters. The molecule has 5 heteroatoms. The van der Waals surface area contributed by atoms with Gasteiger partial charge in [0.05, 0.1) is 24.7 Å². The van der Waals surface area contributed by atoms with Crippen LogP contribution in [0, 0.1) is 13.8 Å². The van der Waals surface area contributed by atoms with Crippen LogP contribution in [0.2, 0.25) is 0 Å². The molecular weight excluding hydrogens is 388 g/mol. The van der Waals surface area contributed by atoms with E-state index < -0.39 is 0 Å². The van der Waals surface area contributed by atoms with Crippen LogP contribution in [0.15, 0.2) is 77.6 Å². The number of aromatic amines is 1. The average molecular weight is 412 g/mol. The van der Waals surface area contributed by atoms with Crippen molar-refractivity contribution < 1.29 is 9.53 Å². The molecule has 156 valence electrons. The molecule has 0 aliphatic heterocycles. The first-order valence-corrected chi connectivity index (χ1v) is 10.1. The smallest absolute Gasteiger partial charge is 0.262 e. The van der Waals surface area contributed by atoms with Crippen LogP contribution >= 0.6 is 0 Å². The Morgan fingerprint density at radius 1 is 0.968 bits per heavy atom. The number of carbonyl (C=O) groups is 1. The van der Waals surface area contributed by atoms with Gasteiger partial charge in [0.2, 0.25) is 0 Å². The van der Waals surface area contributed by atoms with Gasteiger partial charge in [0.15, 0.2) is 0 Å². The summed E-state index contributed by atoms with van der Waals surface area (Å²) in [4.78, 5) is 31.0. The molecule has 1 amide bonds. The predicted octanol–water partition coefficient (Wildman–Crippen LogP) is 5.00. The van der Waals surface area contributed by atoms with Crippen molar-refractivity contribution in [3.05, 3.63) is 105 Å². The van der Waals surface area contributed by atoms with Gasteiger partial charge >= 0.3 is 0 Å². The van der Waals surface area contributed by atoms with E-state index in [2.05, 4.69) is 4.98 Å². The lowest BCUT2D eigenvalue weighted by atomic mass is 10.1. The summed E-state index contributed by atoms with van der Waals surface area (Å²) in [5.41, 5.74) is 4.38. The number of nitrogens with one attached hydrogen (secondary N) is 1. The fraction of sp³-hybridized carbons (Fsp3) is 0.154. The number of hydrogen-bond donors (Lipinski definition) is 1. The van der Waals surface area contributed by atoms with Gasteiger partial charge in [-0.15, -0.1) is 0 Å². The summed E-state index contributed by atoms with van der Waals surface area (Å²) >= 11 is 0. The fourth-order valence-electron chi connectivity index (χ4n) is 3.69. The topological polar surface area (TPSA) is 62.4 Å². The molecule has 0 unspecified atom stereocenters. The number of aryl methyl sites for hydroxylation is 2. The number of para-hydroxylation sites is 2. The number of pyridine rings is 1. The van der Waals surface area contributed by atoms with E-state index in [1.165, 1.54) is 0 Å². The number of aromatic nitrogens is 1. The Hall–Kier alpha value is -3.86. The average Bonchev–Trinajstić information content (AvgIpc) is 2.78. The molecule has 1 aromatic heterocycles. The van der Waals surface area contributed by atoms with Crippen molar-refractivity contribution in [2.75, 3.05) is 12.0 Å². The Morgan fingerprint density at radius 3 is 2.45 bits per heavy atom. The highest BCUT2D eigenvalue weighted by molar-refractivity contribution is 6.07. The third-order valence-corrected chi connectivity index (χ3v) is 5.42. The molecule has 3 aromatic carbocycles. The molecule has 0 bridgehead atoms. The number of methoxy groups -OCH3 is 1. The fourth-order valence-corrected chi connectivity index (χ4v) is 3.69. The second-order valence-electron chi connectivity index (χ2n) is 7.59. The van der Waals surface area contributed by atoms with E-state index >= 15 is 0 Å². The molecule has 0 aliphatic rings. The molecule has 0 saturated carbocycles. The standard InChI is InChI=1S/C26H24N2O3/c1-17-11-13-21(14-12-17)28(26(30)22-9-4-5-10-23(22)31-3)16-20-15-19-8-6-7-18(2)24(19)27-25(20)29/h4-15H,16H2,1-3H3,(H,27,29). The van der Waals surface area contributed by atoms with Crippen LogP contribution in [-0.2, 0) is 6.54 Å². The Labute approximate surface area is 180 Å². The van der Waals surface area contributed by atoms with Crippen LogP contribution in [0.25, 0.3) is 10.9 Å². The highest BCUT2D eigenvalue weighted by Crippen LogP contribution is 2.25. The van der Waals surface area contributed by atoms with Gasteiger partial charge in [-0.3, -0.25) is 9.59 Å². The first-order chi connectivity index (χ1) is 15.0. The van der Waals surface area contributed by atoms with Crippen LogP contribution in [0.1, 0.15) is 27.0 Å². The Kier molecular flexibility index (Phi) is 5.58. The summed E-state index contributed by atoms with van der Waals surface area (Å²) in [6, 6.07) is 22.5. The van der Waals surface area contributed by atoms with Crippen molar-refractivity contribution in [1.29, 1.82) is 0 Å². The maximum atomic E-state index is 13.6. The quantitative estimate of drug-likeness (QED) is 0.502. The highest BCUT2D eigenvalue weighted by Gasteiger charge is 2.22. The number of carbonyl (C=O) groups excluding carboxylic acids is 1. The van der Waals surface area contributed by atoms with Crippen molar-refractivity contribution in [3.63, 3.8) is 0 Å². The van der Waals surface area contributed by atoms with Gasteiger partial charge in [-0.1, -0.05) is 48.0 Å². The van der Waals surface area contributed by atoms with E-state index in [0.717, 1.165) is 22.0 Å². The minimum atomic E-state index is -0.231. The zero-order valence-electron chi connectivity index (χ0n) is 17.8. The SMILES string of the molecule is COc1ccccc1C(=O)N(Cc1cc2cccc(C)c2[nH]c1=O)c1ccc(C)cc1. The maximum absolute atomic E-state index is 13.6.